The van der Waals surface area contributed by atoms with E-state index in [0.717, 1.165) is 25.8 Å². The first kappa shape index (κ1) is 14.2. The Labute approximate surface area is 114 Å². The number of carbonyl (C=O) groups is 2. The third kappa shape index (κ3) is 3.19. The summed E-state index contributed by atoms with van der Waals surface area (Å²) in [4.78, 5) is 27.3. The second-order valence-electron chi connectivity index (χ2n) is 5.63. The van der Waals surface area contributed by atoms with Gasteiger partial charge in [-0.05, 0) is 32.6 Å². The van der Waals surface area contributed by atoms with Crippen LogP contribution in [0.25, 0.3) is 0 Å². The number of carboxylic acids is 1. The monoisotopic (exact) mass is 268 g/mol. The summed E-state index contributed by atoms with van der Waals surface area (Å²) in [5.41, 5.74) is 0. The molecule has 2 rings (SSSR count). The van der Waals surface area contributed by atoms with E-state index in [-0.39, 0.29) is 11.9 Å². The second-order valence-corrected chi connectivity index (χ2v) is 5.63. The van der Waals surface area contributed by atoms with E-state index in [2.05, 4.69) is 0 Å². The van der Waals surface area contributed by atoms with E-state index in [4.69, 9.17) is 5.11 Å². The Balaban J connectivity index is 1.98. The number of rotatable bonds is 3. The van der Waals surface area contributed by atoms with Crippen LogP contribution in [0.2, 0.25) is 0 Å². The van der Waals surface area contributed by atoms with Gasteiger partial charge in [-0.3, -0.25) is 4.79 Å². The number of hydrogen-bond acceptors (Lipinski definition) is 2. The van der Waals surface area contributed by atoms with Crippen LogP contribution in [0.4, 0.5) is 4.79 Å². The highest BCUT2D eigenvalue weighted by atomic mass is 16.4. The first-order valence-corrected chi connectivity index (χ1v) is 7.41. The molecule has 1 aliphatic carbocycles. The Bertz CT molecular complexity index is 340. The third-order valence-electron chi connectivity index (χ3n) is 4.39. The number of hydrogen-bond donors (Lipinski definition) is 1. The van der Waals surface area contributed by atoms with Crippen LogP contribution >= 0.6 is 0 Å². The molecule has 5 heteroatoms. The minimum Gasteiger partial charge on any atom is -0.481 e. The summed E-state index contributed by atoms with van der Waals surface area (Å²) in [5.74, 6) is -1.17. The maximum absolute atomic E-state index is 12.5. The lowest BCUT2D eigenvalue weighted by molar-refractivity contribution is -0.143. The van der Waals surface area contributed by atoms with E-state index in [1.54, 1.807) is 4.90 Å². The lowest BCUT2D eigenvalue weighted by Crippen LogP contribution is -2.51. The Morgan fingerprint density at radius 2 is 1.89 bits per heavy atom. The van der Waals surface area contributed by atoms with Gasteiger partial charge in [-0.2, -0.15) is 0 Å². The molecule has 0 aromatic heterocycles. The van der Waals surface area contributed by atoms with Gasteiger partial charge < -0.3 is 14.9 Å². The molecule has 1 saturated heterocycles. The summed E-state index contributed by atoms with van der Waals surface area (Å²) in [7, 11) is 0. The van der Waals surface area contributed by atoms with Crippen LogP contribution in [-0.2, 0) is 4.79 Å². The first-order valence-electron chi connectivity index (χ1n) is 7.41. The summed E-state index contributed by atoms with van der Waals surface area (Å²) in [5, 5.41) is 9.09. The molecule has 1 atom stereocenters. The molecule has 1 aliphatic heterocycles. The molecular formula is C14H24N2O3. The minimum absolute atomic E-state index is 0.0420. The van der Waals surface area contributed by atoms with Crippen LogP contribution in [0.1, 0.15) is 45.4 Å². The van der Waals surface area contributed by atoms with Gasteiger partial charge in [0.2, 0.25) is 0 Å². The third-order valence-corrected chi connectivity index (χ3v) is 4.39. The van der Waals surface area contributed by atoms with E-state index in [1.807, 2.05) is 11.8 Å². The van der Waals surface area contributed by atoms with Crippen LogP contribution in [0.3, 0.4) is 0 Å². The van der Waals surface area contributed by atoms with Crippen LogP contribution in [-0.4, -0.2) is 52.6 Å². The largest absolute Gasteiger partial charge is 0.481 e. The number of urea groups is 1. The van der Waals surface area contributed by atoms with Crippen molar-refractivity contribution in [3.05, 3.63) is 0 Å². The van der Waals surface area contributed by atoms with Crippen LogP contribution in [0.5, 0.6) is 0 Å². The number of carbonyl (C=O) groups excluding carboxylic acids is 1. The van der Waals surface area contributed by atoms with Crippen molar-refractivity contribution in [2.45, 2.75) is 51.5 Å². The topological polar surface area (TPSA) is 60.9 Å². The molecule has 2 fully saturated rings. The highest BCUT2D eigenvalue weighted by molar-refractivity contribution is 5.77. The second kappa shape index (κ2) is 6.26. The molecule has 0 aromatic rings. The van der Waals surface area contributed by atoms with Crippen molar-refractivity contribution < 1.29 is 14.7 Å². The summed E-state index contributed by atoms with van der Waals surface area (Å²) in [6.45, 7) is 3.80. The SMILES string of the molecule is CCN(C(=O)N1CCC[C@@H](C(=O)O)C1)C1CCCC1. The van der Waals surface area contributed by atoms with Gasteiger partial charge in [0.25, 0.3) is 0 Å². The molecule has 1 saturated carbocycles. The van der Waals surface area contributed by atoms with Gasteiger partial charge in [0.1, 0.15) is 0 Å². The summed E-state index contributed by atoms with van der Waals surface area (Å²) in [6.07, 6.45) is 6.07. The quantitative estimate of drug-likeness (QED) is 0.853. The molecule has 108 valence electrons. The van der Waals surface area contributed by atoms with Gasteiger partial charge in [-0.15, -0.1) is 0 Å². The zero-order chi connectivity index (χ0) is 13.8. The molecule has 1 heterocycles. The fraction of sp³-hybridized carbons (Fsp3) is 0.857. The molecule has 0 spiro atoms. The van der Waals surface area contributed by atoms with Crippen molar-refractivity contribution in [2.75, 3.05) is 19.6 Å². The van der Waals surface area contributed by atoms with Gasteiger partial charge in [-0.25, -0.2) is 4.79 Å². The Morgan fingerprint density at radius 3 is 2.47 bits per heavy atom. The molecule has 2 aliphatic rings. The van der Waals surface area contributed by atoms with Crippen molar-refractivity contribution in [3.63, 3.8) is 0 Å². The smallest absolute Gasteiger partial charge is 0.320 e. The Kier molecular flexibility index (Phi) is 4.66. The standard InChI is InChI=1S/C14H24N2O3/c1-2-16(12-7-3-4-8-12)14(19)15-9-5-6-11(10-15)13(17)18/h11-12H,2-10H2,1H3,(H,17,18)/t11-/m1/s1. The van der Waals surface area contributed by atoms with E-state index < -0.39 is 5.97 Å². The summed E-state index contributed by atoms with van der Waals surface area (Å²) >= 11 is 0. The molecule has 0 radical (unpaired) electrons. The number of nitrogens with zero attached hydrogens (tertiary/aromatic N) is 2. The van der Waals surface area contributed by atoms with Crippen LogP contribution in [0, 0.1) is 5.92 Å². The molecule has 19 heavy (non-hydrogen) atoms. The van der Waals surface area contributed by atoms with Crippen molar-refractivity contribution in [2.24, 2.45) is 5.92 Å². The number of aliphatic carboxylic acids is 1. The van der Waals surface area contributed by atoms with Crippen molar-refractivity contribution in [3.8, 4) is 0 Å². The zero-order valence-electron chi connectivity index (χ0n) is 11.7. The maximum Gasteiger partial charge on any atom is 0.320 e. The van der Waals surface area contributed by atoms with E-state index in [1.165, 1.54) is 12.8 Å². The average molecular weight is 268 g/mol. The number of carboxylic acid groups (broad SMARTS) is 1. The molecule has 0 unspecified atom stereocenters. The summed E-state index contributed by atoms with van der Waals surface area (Å²) < 4.78 is 0. The van der Waals surface area contributed by atoms with Gasteiger partial charge in [0, 0.05) is 25.7 Å². The van der Waals surface area contributed by atoms with Crippen molar-refractivity contribution >= 4 is 12.0 Å². The fourth-order valence-electron chi connectivity index (χ4n) is 3.30. The van der Waals surface area contributed by atoms with Gasteiger partial charge in [0.05, 0.1) is 5.92 Å². The Morgan fingerprint density at radius 1 is 1.21 bits per heavy atom. The predicted octanol–water partition coefficient (Wildman–Crippen LogP) is 2.17. The number of amides is 2. The predicted molar refractivity (Wildman–Crippen MR) is 72.0 cm³/mol. The van der Waals surface area contributed by atoms with E-state index in [9.17, 15) is 9.59 Å². The maximum atomic E-state index is 12.5. The first-order chi connectivity index (χ1) is 9.13. The lowest BCUT2D eigenvalue weighted by atomic mass is 9.98. The highest BCUT2D eigenvalue weighted by Crippen LogP contribution is 2.25. The fourth-order valence-corrected chi connectivity index (χ4v) is 3.30. The molecular weight excluding hydrogens is 244 g/mol. The summed E-state index contributed by atoms with van der Waals surface area (Å²) in [6, 6.07) is 0.406. The van der Waals surface area contributed by atoms with Gasteiger partial charge >= 0.3 is 12.0 Å². The lowest BCUT2D eigenvalue weighted by Gasteiger charge is -2.37. The van der Waals surface area contributed by atoms with Crippen molar-refractivity contribution in [1.29, 1.82) is 0 Å². The van der Waals surface area contributed by atoms with Crippen molar-refractivity contribution in [1.82, 2.24) is 9.80 Å². The highest BCUT2D eigenvalue weighted by Gasteiger charge is 2.33. The average Bonchev–Trinajstić information content (AvgIpc) is 2.93. The number of likely N-dealkylation sites (tertiary alicyclic amines) is 1. The van der Waals surface area contributed by atoms with E-state index in [0.29, 0.717) is 25.6 Å². The number of piperidine rings is 1. The molecule has 0 aromatic carbocycles. The molecule has 1 N–H and O–H groups in total. The van der Waals surface area contributed by atoms with Crippen LogP contribution in [0.15, 0.2) is 0 Å². The molecule has 5 nitrogen and oxygen atoms in total. The minimum atomic E-state index is -0.776. The Hall–Kier alpha value is -1.26. The van der Waals surface area contributed by atoms with Gasteiger partial charge in [-0.1, -0.05) is 12.8 Å². The molecule has 0 bridgehead atoms. The van der Waals surface area contributed by atoms with Gasteiger partial charge in [0.15, 0.2) is 0 Å². The van der Waals surface area contributed by atoms with E-state index >= 15 is 0 Å². The normalized spacial score (nSPS) is 24.5. The molecule has 2 amide bonds. The zero-order valence-corrected chi connectivity index (χ0v) is 11.7. The van der Waals surface area contributed by atoms with Crippen LogP contribution < -0.4 is 0 Å².